The highest BCUT2D eigenvalue weighted by Gasteiger charge is 2.19. The van der Waals surface area contributed by atoms with Crippen LogP contribution in [0.3, 0.4) is 0 Å². The van der Waals surface area contributed by atoms with Crippen molar-refractivity contribution in [1.29, 1.82) is 0 Å². The van der Waals surface area contributed by atoms with Crippen molar-refractivity contribution >= 4 is 23.1 Å². The summed E-state index contributed by atoms with van der Waals surface area (Å²) in [4.78, 5) is 14.2. The summed E-state index contributed by atoms with van der Waals surface area (Å²) in [5.74, 6) is 0.637. The standard InChI is InChI=1S/C13H18N2O2S/c1-9(2)15(8-12(14)18)13(16)10-4-6-11(17-3)7-5-10/h4-7,9H,8H2,1-3H3,(H2,14,18). The van der Waals surface area contributed by atoms with E-state index in [1.54, 1.807) is 36.3 Å². The minimum Gasteiger partial charge on any atom is -0.497 e. The number of rotatable bonds is 5. The van der Waals surface area contributed by atoms with Crippen LogP contribution in [0.1, 0.15) is 24.2 Å². The fraction of sp³-hybridized carbons (Fsp3) is 0.385. The average molecular weight is 266 g/mol. The lowest BCUT2D eigenvalue weighted by molar-refractivity contribution is 0.0736. The van der Waals surface area contributed by atoms with E-state index in [4.69, 9.17) is 22.7 Å². The van der Waals surface area contributed by atoms with Gasteiger partial charge in [-0.05, 0) is 38.1 Å². The second-order valence-corrected chi connectivity index (χ2v) is 4.75. The zero-order chi connectivity index (χ0) is 13.7. The van der Waals surface area contributed by atoms with Crippen LogP contribution in [0.2, 0.25) is 0 Å². The SMILES string of the molecule is COc1ccc(C(=O)N(CC(N)=S)C(C)C)cc1. The largest absolute Gasteiger partial charge is 0.497 e. The summed E-state index contributed by atoms with van der Waals surface area (Å²) < 4.78 is 5.06. The molecule has 0 spiro atoms. The van der Waals surface area contributed by atoms with Gasteiger partial charge >= 0.3 is 0 Å². The Labute approximate surface area is 113 Å². The minimum absolute atomic E-state index is 0.0427. The highest BCUT2D eigenvalue weighted by molar-refractivity contribution is 7.80. The number of nitrogens with two attached hydrogens (primary N) is 1. The van der Waals surface area contributed by atoms with Crippen molar-refractivity contribution in [2.45, 2.75) is 19.9 Å². The van der Waals surface area contributed by atoms with Crippen LogP contribution in [0, 0.1) is 0 Å². The summed E-state index contributed by atoms with van der Waals surface area (Å²) in [5, 5.41) is 0. The monoisotopic (exact) mass is 266 g/mol. The molecule has 0 saturated carbocycles. The third kappa shape index (κ3) is 3.70. The number of benzene rings is 1. The number of methoxy groups -OCH3 is 1. The van der Waals surface area contributed by atoms with Gasteiger partial charge in [0.15, 0.2) is 0 Å². The Kier molecular flexibility index (Phi) is 5.09. The van der Waals surface area contributed by atoms with E-state index < -0.39 is 0 Å². The topological polar surface area (TPSA) is 55.6 Å². The Morgan fingerprint density at radius 2 is 1.94 bits per heavy atom. The average Bonchev–Trinajstić information content (AvgIpc) is 2.34. The van der Waals surface area contributed by atoms with Gasteiger partial charge in [-0.2, -0.15) is 0 Å². The van der Waals surface area contributed by atoms with Crippen LogP contribution in [0.25, 0.3) is 0 Å². The first-order chi connectivity index (χ1) is 8.45. The molecule has 0 aromatic heterocycles. The third-order valence-corrected chi connectivity index (χ3v) is 2.68. The van der Waals surface area contributed by atoms with Crippen LogP contribution in [0.5, 0.6) is 5.75 Å². The van der Waals surface area contributed by atoms with Crippen LogP contribution in [0.15, 0.2) is 24.3 Å². The molecule has 1 rings (SSSR count). The van der Waals surface area contributed by atoms with Gasteiger partial charge in [-0.15, -0.1) is 0 Å². The van der Waals surface area contributed by atoms with Gasteiger partial charge in [0.25, 0.3) is 5.91 Å². The van der Waals surface area contributed by atoms with Gasteiger partial charge in [0.2, 0.25) is 0 Å². The second kappa shape index (κ2) is 6.35. The number of ether oxygens (including phenoxy) is 1. The number of nitrogens with zero attached hydrogens (tertiary/aromatic N) is 1. The van der Waals surface area contributed by atoms with Crippen LogP contribution in [-0.2, 0) is 0 Å². The second-order valence-electron chi connectivity index (χ2n) is 4.22. The first-order valence-electron chi connectivity index (χ1n) is 5.69. The van der Waals surface area contributed by atoms with Gasteiger partial charge in [0.1, 0.15) is 5.75 Å². The van der Waals surface area contributed by atoms with Crippen LogP contribution >= 0.6 is 12.2 Å². The zero-order valence-corrected chi connectivity index (χ0v) is 11.7. The van der Waals surface area contributed by atoms with E-state index in [0.717, 1.165) is 5.75 Å². The maximum atomic E-state index is 12.3. The number of hydrogen-bond donors (Lipinski definition) is 1. The van der Waals surface area contributed by atoms with E-state index in [-0.39, 0.29) is 18.5 Å². The van der Waals surface area contributed by atoms with E-state index in [9.17, 15) is 4.79 Å². The summed E-state index contributed by atoms with van der Waals surface area (Å²) in [6.07, 6.45) is 0. The molecule has 0 fully saturated rings. The van der Waals surface area contributed by atoms with Crippen molar-refractivity contribution in [3.8, 4) is 5.75 Å². The van der Waals surface area contributed by atoms with Gasteiger partial charge < -0.3 is 15.4 Å². The third-order valence-electron chi connectivity index (χ3n) is 2.55. The minimum atomic E-state index is -0.0829. The molecule has 5 heteroatoms. The number of hydrogen-bond acceptors (Lipinski definition) is 3. The van der Waals surface area contributed by atoms with Crippen molar-refractivity contribution in [3.63, 3.8) is 0 Å². The molecule has 1 amide bonds. The van der Waals surface area contributed by atoms with E-state index in [1.165, 1.54) is 0 Å². The maximum Gasteiger partial charge on any atom is 0.254 e. The van der Waals surface area contributed by atoms with Gasteiger partial charge in [0.05, 0.1) is 18.6 Å². The van der Waals surface area contributed by atoms with E-state index >= 15 is 0 Å². The summed E-state index contributed by atoms with van der Waals surface area (Å²) in [5.41, 5.74) is 6.11. The van der Waals surface area contributed by atoms with Crippen molar-refractivity contribution in [3.05, 3.63) is 29.8 Å². The molecule has 0 aliphatic heterocycles. The molecule has 18 heavy (non-hydrogen) atoms. The van der Waals surface area contributed by atoms with Crippen molar-refractivity contribution in [1.82, 2.24) is 4.90 Å². The highest BCUT2D eigenvalue weighted by atomic mass is 32.1. The molecular weight excluding hydrogens is 248 g/mol. The molecule has 0 bridgehead atoms. The smallest absolute Gasteiger partial charge is 0.254 e. The lowest BCUT2D eigenvalue weighted by Crippen LogP contribution is -2.42. The van der Waals surface area contributed by atoms with E-state index in [0.29, 0.717) is 10.6 Å². The Hall–Kier alpha value is -1.62. The van der Waals surface area contributed by atoms with E-state index in [2.05, 4.69) is 0 Å². The highest BCUT2D eigenvalue weighted by Crippen LogP contribution is 2.14. The normalized spacial score (nSPS) is 10.2. The molecule has 98 valence electrons. The molecule has 1 aromatic rings. The molecule has 1 aromatic carbocycles. The molecule has 0 atom stereocenters. The van der Waals surface area contributed by atoms with Crippen LogP contribution in [0.4, 0.5) is 0 Å². The van der Waals surface area contributed by atoms with Gasteiger partial charge in [0, 0.05) is 11.6 Å². The molecule has 0 unspecified atom stereocenters. The number of amides is 1. The fourth-order valence-corrected chi connectivity index (χ4v) is 1.70. The molecule has 0 radical (unpaired) electrons. The molecule has 2 N–H and O–H groups in total. The molecule has 0 aliphatic carbocycles. The Morgan fingerprint density at radius 3 is 2.33 bits per heavy atom. The zero-order valence-electron chi connectivity index (χ0n) is 10.8. The Bertz CT molecular complexity index is 429. The van der Waals surface area contributed by atoms with Crippen LogP contribution in [-0.4, -0.2) is 35.5 Å². The number of carbonyl (C=O) groups excluding carboxylic acids is 1. The van der Waals surface area contributed by atoms with Crippen molar-refractivity contribution < 1.29 is 9.53 Å². The first kappa shape index (κ1) is 14.4. The van der Waals surface area contributed by atoms with Gasteiger partial charge in [-0.1, -0.05) is 12.2 Å². The summed E-state index contributed by atoms with van der Waals surface area (Å²) in [6.45, 7) is 4.15. The lowest BCUT2D eigenvalue weighted by Gasteiger charge is -2.26. The predicted octanol–water partition coefficient (Wildman–Crippen LogP) is 1.83. The molecular formula is C13H18N2O2S. The fourth-order valence-electron chi connectivity index (χ4n) is 1.56. The predicted molar refractivity (Wildman–Crippen MR) is 76.0 cm³/mol. The van der Waals surface area contributed by atoms with Gasteiger partial charge in [-0.3, -0.25) is 4.79 Å². The Morgan fingerprint density at radius 1 is 1.39 bits per heavy atom. The lowest BCUT2D eigenvalue weighted by atomic mass is 10.1. The molecule has 0 heterocycles. The van der Waals surface area contributed by atoms with Gasteiger partial charge in [-0.25, -0.2) is 0 Å². The molecule has 4 nitrogen and oxygen atoms in total. The van der Waals surface area contributed by atoms with Crippen LogP contribution < -0.4 is 10.5 Å². The van der Waals surface area contributed by atoms with Crippen molar-refractivity contribution in [2.75, 3.05) is 13.7 Å². The number of carbonyl (C=O) groups is 1. The number of thiocarbonyl (C=S) groups is 1. The summed E-state index contributed by atoms with van der Waals surface area (Å²) >= 11 is 4.86. The van der Waals surface area contributed by atoms with Crippen molar-refractivity contribution in [2.24, 2.45) is 5.73 Å². The summed E-state index contributed by atoms with van der Waals surface area (Å²) in [6, 6.07) is 7.02. The summed E-state index contributed by atoms with van der Waals surface area (Å²) in [7, 11) is 1.59. The first-order valence-corrected chi connectivity index (χ1v) is 6.10. The maximum absolute atomic E-state index is 12.3. The quantitative estimate of drug-likeness (QED) is 0.826. The molecule has 0 aliphatic rings. The van der Waals surface area contributed by atoms with E-state index in [1.807, 2.05) is 13.8 Å². The molecule has 0 saturated heterocycles. The Balaban J connectivity index is 2.90.